The third kappa shape index (κ3) is 4.17. The summed E-state index contributed by atoms with van der Waals surface area (Å²) in [6.07, 6.45) is 4.80. The highest BCUT2D eigenvalue weighted by molar-refractivity contribution is 7.99. The quantitative estimate of drug-likeness (QED) is 0.828. The van der Waals surface area contributed by atoms with Crippen LogP contribution in [0.25, 0.3) is 0 Å². The smallest absolute Gasteiger partial charge is 0.0672 e. The van der Waals surface area contributed by atoms with E-state index in [1.165, 1.54) is 43.9 Å². The van der Waals surface area contributed by atoms with Crippen LogP contribution in [0, 0.1) is 17.2 Å². The van der Waals surface area contributed by atoms with Crippen LogP contribution in [-0.2, 0) is 0 Å². The van der Waals surface area contributed by atoms with E-state index >= 15 is 0 Å². The van der Waals surface area contributed by atoms with Crippen LogP contribution >= 0.6 is 11.8 Å². The molecule has 1 aliphatic carbocycles. The number of hydrogen-bond donors (Lipinski definition) is 1. The summed E-state index contributed by atoms with van der Waals surface area (Å²) >= 11 is 2.06. The maximum Gasteiger partial charge on any atom is 0.0672 e. The van der Waals surface area contributed by atoms with Gasteiger partial charge in [-0.2, -0.15) is 17.0 Å². The number of thioether (sulfide) groups is 1. The maximum absolute atomic E-state index is 9.11. The van der Waals surface area contributed by atoms with Crippen LogP contribution in [0.15, 0.2) is 0 Å². The monoisotopic (exact) mass is 253 g/mol. The van der Waals surface area contributed by atoms with E-state index < -0.39 is 0 Å². The van der Waals surface area contributed by atoms with E-state index in [2.05, 4.69) is 28.0 Å². The molecule has 1 saturated carbocycles. The second kappa shape index (κ2) is 7.25. The van der Waals surface area contributed by atoms with E-state index in [9.17, 15) is 0 Å². The molecule has 2 aliphatic rings. The molecule has 17 heavy (non-hydrogen) atoms. The van der Waals surface area contributed by atoms with Crippen molar-refractivity contribution in [1.29, 1.82) is 5.26 Å². The molecule has 1 N–H and O–H groups in total. The third-order valence-electron chi connectivity index (χ3n) is 3.87. The van der Waals surface area contributed by atoms with Crippen LogP contribution in [0.2, 0.25) is 0 Å². The standard InChI is InChI=1S/C13H23N3S/c14-11-12-3-1-2-4-13(12)15-5-6-16-7-9-17-10-8-16/h12-13,15H,1-10H2. The fourth-order valence-electron chi connectivity index (χ4n) is 2.76. The summed E-state index contributed by atoms with van der Waals surface area (Å²) in [7, 11) is 0. The van der Waals surface area contributed by atoms with E-state index in [4.69, 9.17) is 5.26 Å². The Morgan fingerprint density at radius 2 is 2.00 bits per heavy atom. The van der Waals surface area contributed by atoms with Crippen molar-refractivity contribution in [3.05, 3.63) is 0 Å². The minimum absolute atomic E-state index is 0.251. The van der Waals surface area contributed by atoms with Gasteiger partial charge < -0.3 is 10.2 Å². The summed E-state index contributed by atoms with van der Waals surface area (Å²) in [5.41, 5.74) is 0. The normalized spacial score (nSPS) is 31.0. The van der Waals surface area contributed by atoms with Gasteiger partial charge >= 0.3 is 0 Å². The highest BCUT2D eigenvalue weighted by Crippen LogP contribution is 2.23. The topological polar surface area (TPSA) is 39.1 Å². The number of nitrogens with one attached hydrogen (secondary N) is 1. The van der Waals surface area contributed by atoms with Crippen molar-refractivity contribution in [3.63, 3.8) is 0 Å². The molecule has 0 bridgehead atoms. The Balaban J connectivity index is 1.64. The maximum atomic E-state index is 9.11. The van der Waals surface area contributed by atoms with E-state index in [-0.39, 0.29) is 5.92 Å². The molecule has 3 nitrogen and oxygen atoms in total. The summed E-state index contributed by atoms with van der Waals surface area (Å²) in [5.74, 6) is 2.81. The van der Waals surface area contributed by atoms with Gasteiger partial charge in [0.15, 0.2) is 0 Å². The molecule has 2 rings (SSSR count). The molecule has 0 radical (unpaired) electrons. The highest BCUT2D eigenvalue weighted by atomic mass is 32.2. The van der Waals surface area contributed by atoms with E-state index in [0.29, 0.717) is 6.04 Å². The lowest BCUT2D eigenvalue weighted by Crippen LogP contribution is -2.43. The van der Waals surface area contributed by atoms with Crippen LogP contribution in [0.5, 0.6) is 0 Å². The number of hydrogen-bond acceptors (Lipinski definition) is 4. The Morgan fingerprint density at radius 3 is 2.76 bits per heavy atom. The van der Waals surface area contributed by atoms with Gasteiger partial charge in [-0.05, 0) is 12.8 Å². The van der Waals surface area contributed by atoms with Crippen molar-refractivity contribution < 1.29 is 0 Å². The van der Waals surface area contributed by atoms with Gasteiger partial charge in [-0.15, -0.1) is 0 Å². The summed E-state index contributed by atoms with van der Waals surface area (Å²) < 4.78 is 0. The van der Waals surface area contributed by atoms with Crippen LogP contribution in [0.1, 0.15) is 25.7 Å². The first-order valence-electron chi connectivity index (χ1n) is 6.83. The van der Waals surface area contributed by atoms with Gasteiger partial charge in [-0.3, -0.25) is 0 Å². The van der Waals surface area contributed by atoms with Gasteiger partial charge in [0.1, 0.15) is 0 Å². The lowest BCUT2D eigenvalue weighted by Gasteiger charge is -2.30. The van der Waals surface area contributed by atoms with Crippen molar-refractivity contribution in [2.24, 2.45) is 5.92 Å². The highest BCUT2D eigenvalue weighted by Gasteiger charge is 2.24. The average Bonchev–Trinajstić information content (AvgIpc) is 2.40. The molecule has 96 valence electrons. The van der Waals surface area contributed by atoms with Crippen molar-refractivity contribution in [2.45, 2.75) is 31.7 Å². The zero-order valence-corrected chi connectivity index (χ0v) is 11.3. The third-order valence-corrected chi connectivity index (χ3v) is 4.81. The Labute approximate surface area is 109 Å². The second-order valence-electron chi connectivity index (χ2n) is 5.03. The molecular weight excluding hydrogens is 230 g/mol. The number of nitrogens with zero attached hydrogens (tertiary/aromatic N) is 2. The lowest BCUT2D eigenvalue weighted by molar-refractivity contribution is 0.267. The van der Waals surface area contributed by atoms with Crippen molar-refractivity contribution in [3.8, 4) is 6.07 Å². The Hall–Kier alpha value is -0.240. The van der Waals surface area contributed by atoms with Gasteiger partial charge in [0.25, 0.3) is 0 Å². The Kier molecular flexibility index (Phi) is 5.63. The zero-order valence-electron chi connectivity index (χ0n) is 10.5. The summed E-state index contributed by atoms with van der Waals surface area (Å²) in [6, 6.07) is 2.91. The zero-order chi connectivity index (χ0) is 11.9. The molecular formula is C13H23N3S. The van der Waals surface area contributed by atoms with Gasteiger partial charge in [0.2, 0.25) is 0 Å². The largest absolute Gasteiger partial charge is 0.311 e. The molecule has 2 atom stereocenters. The Morgan fingerprint density at radius 1 is 1.24 bits per heavy atom. The first kappa shape index (κ1) is 13.2. The first-order valence-corrected chi connectivity index (χ1v) is 7.99. The second-order valence-corrected chi connectivity index (χ2v) is 6.26. The predicted molar refractivity (Wildman–Crippen MR) is 73.1 cm³/mol. The van der Waals surface area contributed by atoms with Gasteiger partial charge in [0.05, 0.1) is 12.0 Å². The van der Waals surface area contributed by atoms with Crippen molar-refractivity contribution in [2.75, 3.05) is 37.7 Å². The first-order chi connectivity index (χ1) is 8.40. The van der Waals surface area contributed by atoms with Crippen molar-refractivity contribution >= 4 is 11.8 Å². The van der Waals surface area contributed by atoms with E-state index in [1.807, 2.05) is 0 Å². The number of nitriles is 1. The molecule has 2 unspecified atom stereocenters. The summed E-state index contributed by atoms with van der Waals surface area (Å²) in [6.45, 7) is 4.67. The van der Waals surface area contributed by atoms with Crippen LogP contribution in [0.3, 0.4) is 0 Å². The predicted octanol–water partition coefficient (Wildman–Crippen LogP) is 1.71. The molecule has 4 heteroatoms. The minimum Gasteiger partial charge on any atom is -0.311 e. The Bertz CT molecular complexity index is 258. The van der Waals surface area contributed by atoms with Gasteiger partial charge in [-0.25, -0.2) is 0 Å². The van der Waals surface area contributed by atoms with E-state index in [1.54, 1.807) is 0 Å². The molecule has 2 fully saturated rings. The molecule has 1 aliphatic heterocycles. The summed E-state index contributed by atoms with van der Waals surface area (Å²) in [4.78, 5) is 2.54. The average molecular weight is 253 g/mol. The molecule has 1 heterocycles. The van der Waals surface area contributed by atoms with Crippen molar-refractivity contribution in [1.82, 2.24) is 10.2 Å². The molecule has 0 spiro atoms. The fourth-order valence-corrected chi connectivity index (χ4v) is 3.74. The van der Waals surface area contributed by atoms with Gasteiger partial charge in [0, 0.05) is 43.7 Å². The molecule has 1 saturated heterocycles. The van der Waals surface area contributed by atoms with E-state index in [0.717, 1.165) is 19.5 Å². The van der Waals surface area contributed by atoms with Gasteiger partial charge in [-0.1, -0.05) is 12.8 Å². The van der Waals surface area contributed by atoms with Crippen LogP contribution < -0.4 is 5.32 Å². The number of rotatable bonds is 4. The fraction of sp³-hybridized carbons (Fsp3) is 0.923. The molecule has 0 aromatic rings. The molecule has 0 aromatic carbocycles. The van der Waals surface area contributed by atoms with Crippen LogP contribution in [-0.4, -0.2) is 48.6 Å². The lowest BCUT2D eigenvalue weighted by atomic mass is 9.85. The summed E-state index contributed by atoms with van der Waals surface area (Å²) in [5, 5.41) is 12.7. The van der Waals surface area contributed by atoms with Crippen LogP contribution in [0.4, 0.5) is 0 Å². The SMILES string of the molecule is N#CC1CCCCC1NCCN1CCSCC1. The minimum atomic E-state index is 0.251. The molecule has 0 amide bonds. The molecule has 0 aromatic heterocycles.